The second-order valence-electron chi connectivity index (χ2n) is 3.06. The van der Waals surface area contributed by atoms with Crippen LogP contribution < -0.4 is 0 Å². The third kappa shape index (κ3) is 3.76. The van der Waals surface area contributed by atoms with Gasteiger partial charge >= 0.3 is 0 Å². The molecule has 0 spiro atoms. The van der Waals surface area contributed by atoms with Gasteiger partial charge in [-0.05, 0) is 43.7 Å². The average Bonchev–Trinajstić information content (AvgIpc) is 2.15. The Labute approximate surface area is 83.8 Å². The van der Waals surface area contributed by atoms with E-state index >= 15 is 0 Å². The molecule has 0 saturated carbocycles. The maximum absolute atomic E-state index is 12.5. The van der Waals surface area contributed by atoms with Gasteiger partial charge in [0.2, 0.25) is 0 Å². The summed E-state index contributed by atoms with van der Waals surface area (Å²) in [5.74, 6) is 5.46. The van der Waals surface area contributed by atoms with Gasteiger partial charge in [-0.2, -0.15) is 0 Å². The van der Waals surface area contributed by atoms with Gasteiger partial charge in [0.05, 0.1) is 0 Å². The van der Waals surface area contributed by atoms with E-state index in [-0.39, 0.29) is 5.82 Å². The molecule has 0 heterocycles. The number of rotatable bonds is 0. The van der Waals surface area contributed by atoms with E-state index < -0.39 is 0 Å². The van der Waals surface area contributed by atoms with Crippen molar-refractivity contribution in [2.45, 2.75) is 13.8 Å². The highest BCUT2D eigenvalue weighted by atomic mass is 19.1. The summed E-state index contributed by atoms with van der Waals surface area (Å²) in [5, 5.41) is 0. The summed E-state index contributed by atoms with van der Waals surface area (Å²) >= 11 is 0. The molecule has 0 unspecified atom stereocenters. The van der Waals surface area contributed by atoms with Crippen LogP contribution in [0.15, 0.2) is 41.6 Å². The van der Waals surface area contributed by atoms with Gasteiger partial charge in [-0.15, -0.1) is 5.73 Å². The molecule has 0 amide bonds. The lowest BCUT2D eigenvalue weighted by Gasteiger charge is -1.87. The highest BCUT2D eigenvalue weighted by Gasteiger charge is 1.86. The van der Waals surface area contributed by atoms with Gasteiger partial charge in [-0.3, -0.25) is 0 Å². The number of benzene rings is 1. The van der Waals surface area contributed by atoms with E-state index in [1.807, 2.05) is 13.8 Å². The minimum Gasteiger partial charge on any atom is -0.207 e. The molecule has 0 aliphatic carbocycles. The van der Waals surface area contributed by atoms with Crippen LogP contribution in [0.2, 0.25) is 0 Å². The second kappa shape index (κ2) is 5.07. The van der Waals surface area contributed by atoms with Crippen molar-refractivity contribution in [2.75, 3.05) is 0 Å². The minimum atomic E-state index is -0.240. The van der Waals surface area contributed by atoms with Crippen LogP contribution in [-0.4, -0.2) is 0 Å². The van der Waals surface area contributed by atoms with E-state index in [4.69, 9.17) is 0 Å². The standard InChI is InChI=1S/C13H11F/c1-11(2)5-3-4-6-12-7-9-13(14)10-8-12/h3,7-10H,1-2H3. The molecule has 0 fully saturated rings. The van der Waals surface area contributed by atoms with Crippen LogP contribution in [-0.2, 0) is 0 Å². The van der Waals surface area contributed by atoms with Crippen molar-refractivity contribution in [1.29, 1.82) is 0 Å². The van der Waals surface area contributed by atoms with Crippen molar-refractivity contribution < 1.29 is 4.39 Å². The van der Waals surface area contributed by atoms with Crippen LogP contribution in [0.4, 0.5) is 4.39 Å². The van der Waals surface area contributed by atoms with Gasteiger partial charge in [0.15, 0.2) is 0 Å². The molecule has 1 heteroatoms. The third-order valence-electron chi connectivity index (χ3n) is 1.49. The Bertz CT molecular complexity index is 417. The molecule has 14 heavy (non-hydrogen) atoms. The number of allylic oxidation sites excluding steroid dienone is 1. The van der Waals surface area contributed by atoms with Crippen molar-refractivity contribution in [3.05, 3.63) is 53.0 Å². The monoisotopic (exact) mass is 186 g/mol. The fraction of sp³-hybridized carbons (Fsp3) is 0.154. The van der Waals surface area contributed by atoms with Crippen LogP contribution in [0.5, 0.6) is 0 Å². The Morgan fingerprint density at radius 2 is 1.86 bits per heavy atom. The van der Waals surface area contributed by atoms with Crippen LogP contribution >= 0.6 is 0 Å². The molecule has 0 radical (unpaired) electrons. The van der Waals surface area contributed by atoms with E-state index in [9.17, 15) is 4.39 Å². The maximum Gasteiger partial charge on any atom is 0.123 e. The van der Waals surface area contributed by atoms with Gasteiger partial charge < -0.3 is 0 Å². The minimum absolute atomic E-state index is 0.240. The Hall–Kier alpha value is -1.77. The van der Waals surface area contributed by atoms with E-state index in [0.29, 0.717) is 0 Å². The lowest BCUT2D eigenvalue weighted by Crippen LogP contribution is -1.74. The molecule has 0 atom stereocenters. The first-order valence-corrected chi connectivity index (χ1v) is 4.34. The molecule has 0 aliphatic heterocycles. The molecule has 1 aromatic carbocycles. The zero-order valence-corrected chi connectivity index (χ0v) is 8.26. The van der Waals surface area contributed by atoms with Gasteiger partial charge in [0.1, 0.15) is 5.82 Å². The fourth-order valence-corrected chi connectivity index (χ4v) is 0.833. The predicted molar refractivity (Wildman–Crippen MR) is 56.2 cm³/mol. The van der Waals surface area contributed by atoms with Crippen molar-refractivity contribution in [1.82, 2.24) is 0 Å². The van der Waals surface area contributed by atoms with Gasteiger partial charge in [0.25, 0.3) is 0 Å². The van der Waals surface area contributed by atoms with Crippen LogP contribution in [0.25, 0.3) is 0 Å². The van der Waals surface area contributed by atoms with Crippen molar-refractivity contribution in [3.63, 3.8) is 0 Å². The van der Waals surface area contributed by atoms with E-state index in [0.717, 1.165) is 11.1 Å². The van der Waals surface area contributed by atoms with Gasteiger partial charge in [-0.1, -0.05) is 11.8 Å². The average molecular weight is 186 g/mol. The second-order valence-corrected chi connectivity index (χ2v) is 3.06. The number of hydrogen-bond donors (Lipinski definition) is 0. The molecule has 0 bridgehead atoms. The van der Waals surface area contributed by atoms with Gasteiger partial charge in [0, 0.05) is 11.6 Å². The van der Waals surface area contributed by atoms with Crippen LogP contribution in [0.3, 0.4) is 0 Å². The maximum atomic E-state index is 12.5. The molecular formula is C13H11F. The smallest absolute Gasteiger partial charge is 0.123 e. The molecule has 1 rings (SSSR count). The normalized spacial score (nSPS) is 8.21. The lowest BCUT2D eigenvalue weighted by molar-refractivity contribution is 0.627. The summed E-state index contributed by atoms with van der Waals surface area (Å²) in [4.78, 5) is 0. The molecule has 1 aromatic rings. The predicted octanol–water partition coefficient (Wildman–Crippen LogP) is 3.30. The Morgan fingerprint density at radius 1 is 1.21 bits per heavy atom. The Morgan fingerprint density at radius 3 is 2.43 bits per heavy atom. The van der Waals surface area contributed by atoms with Crippen LogP contribution in [0, 0.1) is 17.7 Å². The number of hydrogen-bond acceptors (Lipinski definition) is 0. The zero-order valence-electron chi connectivity index (χ0n) is 8.26. The largest absolute Gasteiger partial charge is 0.207 e. The van der Waals surface area contributed by atoms with Crippen molar-refractivity contribution in [3.8, 4) is 11.8 Å². The van der Waals surface area contributed by atoms with Crippen molar-refractivity contribution >= 4 is 0 Å². The summed E-state index contributed by atoms with van der Waals surface area (Å²) in [5.41, 5.74) is 4.86. The molecule has 0 N–H and O–H groups in total. The fourth-order valence-electron chi connectivity index (χ4n) is 0.833. The Balaban J connectivity index is 2.79. The van der Waals surface area contributed by atoms with E-state index in [1.54, 1.807) is 18.2 Å². The highest BCUT2D eigenvalue weighted by Crippen LogP contribution is 2.00. The third-order valence-corrected chi connectivity index (χ3v) is 1.49. The first-order chi connectivity index (χ1) is 6.68. The molecular weight excluding hydrogens is 175 g/mol. The van der Waals surface area contributed by atoms with Crippen LogP contribution in [0.1, 0.15) is 19.4 Å². The topological polar surface area (TPSA) is 0 Å². The van der Waals surface area contributed by atoms with E-state index in [2.05, 4.69) is 17.6 Å². The Kier molecular flexibility index (Phi) is 3.73. The molecule has 0 nitrogen and oxygen atoms in total. The summed E-state index contributed by atoms with van der Waals surface area (Å²) in [6.45, 7) is 3.91. The van der Waals surface area contributed by atoms with Crippen molar-refractivity contribution in [2.24, 2.45) is 0 Å². The molecule has 0 aromatic heterocycles. The first-order valence-electron chi connectivity index (χ1n) is 4.34. The SMILES string of the molecule is CC(C)=C=CC#Cc1ccc(F)cc1. The summed E-state index contributed by atoms with van der Waals surface area (Å²) in [7, 11) is 0. The quantitative estimate of drug-likeness (QED) is 0.431. The summed E-state index contributed by atoms with van der Waals surface area (Å²) < 4.78 is 12.5. The molecule has 0 aliphatic rings. The highest BCUT2D eigenvalue weighted by molar-refractivity contribution is 5.36. The van der Waals surface area contributed by atoms with Gasteiger partial charge in [-0.25, -0.2) is 4.39 Å². The first kappa shape index (κ1) is 10.3. The lowest BCUT2D eigenvalue weighted by atomic mass is 10.2. The van der Waals surface area contributed by atoms with E-state index in [1.165, 1.54) is 12.1 Å². The summed E-state index contributed by atoms with van der Waals surface area (Å²) in [6.07, 6.45) is 1.67. The number of halogens is 1. The molecule has 70 valence electrons. The summed E-state index contributed by atoms with van der Waals surface area (Å²) in [6, 6.07) is 6.10. The molecule has 0 saturated heterocycles. The zero-order chi connectivity index (χ0) is 10.4.